The first-order valence-electron chi connectivity index (χ1n) is 18.9. The summed E-state index contributed by atoms with van der Waals surface area (Å²) in [4.78, 5) is 15.0. The Kier molecular flexibility index (Phi) is 7.97. The molecule has 7 heteroatoms. The molecule has 0 saturated heterocycles. The summed E-state index contributed by atoms with van der Waals surface area (Å²) in [5.74, 6) is 1.94. The Morgan fingerprint density at radius 3 is 1.75 bits per heavy atom. The van der Waals surface area contributed by atoms with Crippen LogP contribution < -0.4 is 4.74 Å². The number of pyridine rings is 3. The van der Waals surface area contributed by atoms with Gasteiger partial charge < -0.3 is 13.5 Å². The summed E-state index contributed by atoms with van der Waals surface area (Å²) in [6.45, 7) is 9.12. The molecule has 11 aromatic rings. The van der Waals surface area contributed by atoms with Crippen molar-refractivity contribution in [2.75, 3.05) is 0 Å². The zero-order chi connectivity index (χ0) is 36.9. The monoisotopic (exact) mass is 815 g/mol. The molecular weight excluding hydrogens is 781 g/mol. The van der Waals surface area contributed by atoms with Crippen molar-refractivity contribution in [1.82, 2.24) is 23.8 Å². The van der Waals surface area contributed by atoms with Gasteiger partial charge in [-0.15, -0.1) is 12.1 Å². The fourth-order valence-corrected chi connectivity index (χ4v) is 8.61. The third-order valence-corrected chi connectivity index (χ3v) is 11.1. The van der Waals surface area contributed by atoms with Gasteiger partial charge in [-0.3, -0.25) is 15.0 Å². The number of benzene rings is 6. The summed E-state index contributed by atoms with van der Waals surface area (Å²) >= 11 is 0. The first kappa shape index (κ1) is 34.4. The van der Waals surface area contributed by atoms with Gasteiger partial charge >= 0.3 is 20.4 Å². The molecule has 0 aliphatic heterocycles. The van der Waals surface area contributed by atoms with Gasteiger partial charge in [-0.2, -0.15) is 0 Å². The van der Waals surface area contributed by atoms with E-state index in [1.165, 1.54) is 22.3 Å². The van der Waals surface area contributed by atoms with Crippen LogP contribution in [0.15, 0.2) is 128 Å². The minimum atomic E-state index is 0. The van der Waals surface area contributed by atoms with E-state index in [1.807, 2.05) is 48.7 Å². The van der Waals surface area contributed by atoms with Crippen LogP contribution in [0.3, 0.4) is 0 Å². The second kappa shape index (κ2) is 13.0. The second-order valence-corrected chi connectivity index (χ2v) is 15.1. The van der Waals surface area contributed by atoms with Crippen molar-refractivity contribution in [3.05, 3.63) is 151 Å². The molecule has 0 amide bonds. The molecule has 5 aromatic heterocycles. The maximum atomic E-state index is 6.64. The molecule has 0 aliphatic carbocycles. The normalized spacial score (nSPS) is 12.1. The van der Waals surface area contributed by atoms with Crippen molar-refractivity contribution in [3.8, 4) is 22.6 Å². The zero-order valence-electron chi connectivity index (χ0n) is 31.2. The Morgan fingerprint density at radius 1 is 0.536 bits per heavy atom. The van der Waals surface area contributed by atoms with Crippen molar-refractivity contribution in [2.24, 2.45) is 0 Å². The van der Waals surface area contributed by atoms with Gasteiger partial charge in [0.05, 0.1) is 44.4 Å². The van der Waals surface area contributed by atoms with Crippen LogP contribution in [0.25, 0.3) is 88.0 Å². The smallest absolute Gasteiger partial charge is 0.497 e. The minimum Gasteiger partial charge on any atom is -0.497 e. The molecule has 0 spiro atoms. The van der Waals surface area contributed by atoms with Crippen LogP contribution in [0.2, 0.25) is 0 Å². The molecule has 6 nitrogen and oxygen atoms in total. The van der Waals surface area contributed by atoms with Crippen LogP contribution in [-0.2, 0) is 20.4 Å². The van der Waals surface area contributed by atoms with Crippen LogP contribution in [0, 0.1) is 12.1 Å². The van der Waals surface area contributed by atoms with Gasteiger partial charge in [0.25, 0.3) is 0 Å². The standard InChI is InChI=1S/C49H35N5O.Pd/c1-28(2)33-11-9-12-34(29(3)4)46(33)30-18-23-42-37(25-30)35-21-19-31(26-38(35)48-51-40-13-5-7-15-43(40)53(42)48)55-32-20-22-36-39(27-32)49-52-41-14-6-8-16-44(41)54(49)45-17-10-24-50-47(36)45;/h5-25,28-29H,1-4H3;/q-2;+2. The van der Waals surface area contributed by atoms with E-state index < -0.39 is 0 Å². The summed E-state index contributed by atoms with van der Waals surface area (Å²) in [7, 11) is 0. The van der Waals surface area contributed by atoms with Gasteiger partial charge in [0, 0.05) is 23.2 Å². The molecule has 5 heterocycles. The third kappa shape index (κ3) is 5.08. The van der Waals surface area contributed by atoms with Crippen molar-refractivity contribution in [2.45, 2.75) is 39.5 Å². The summed E-state index contributed by atoms with van der Waals surface area (Å²) in [6.07, 6.45) is 1.83. The molecule has 272 valence electrons. The molecule has 0 N–H and O–H groups in total. The fraction of sp³-hybridized carbons (Fsp3) is 0.122. The van der Waals surface area contributed by atoms with Crippen molar-refractivity contribution < 1.29 is 25.2 Å². The van der Waals surface area contributed by atoms with Gasteiger partial charge in [-0.05, 0) is 81.9 Å². The Balaban J connectivity index is 0.00000384. The van der Waals surface area contributed by atoms with Crippen molar-refractivity contribution in [3.63, 3.8) is 0 Å². The molecule has 0 fully saturated rings. The van der Waals surface area contributed by atoms with Gasteiger partial charge in [0.2, 0.25) is 0 Å². The summed E-state index contributed by atoms with van der Waals surface area (Å²) in [5.41, 5.74) is 13.9. The van der Waals surface area contributed by atoms with Gasteiger partial charge in [0.15, 0.2) is 0 Å². The molecule has 0 atom stereocenters. The Morgan fingerprint density at radius 2 is 1.11 bits per heavy atom. The van der Waals surface area contributed by atoms with Crippen molar-refractivity contribution in [1.29, 1.82) is 0 Å². The number of para-hydroxylation sites is 4. The average molecular weight is 816 g/mol. The molecule has 0 bridgehead atoms. The molecule has 0 aliphatic rings. The quantitative estimate of drug-likeness (QED) is 0.0986. The van der Waals surface area contributed by atoms with Gasteiger partial charge in [0.1, 0.15) is 0 Å². The molecule has 56 heavy (non-hydrogen) atoms. The van der Waals surface area contributed by atoms with Gasteiger partial charge in [-0.1, -0.05) is 128 Å². The predicted octanol–water partition coefficient (Wildman–Crippen LogP) is 12.6. The number of hydrogen-bond donors (Lipinski definition) is 0. The van der Waals surface area contributed by atoms with Crippen LogP contribution in [0.5, 0.6) is 11.5 Å². The summed E-state index contributed by atoms with van der Waals surface area (Å²) in [6, 6.07) is 49.7. The number of rotatable bonds is 5. The predicted molar refractivity (Wildman–Crippen MR) is 225 cm³/mol. The maximum Gasteiger partial charge on any atom is 2.00 e. The largest absolute Gasteiger partial charge is 2.00 e. The number of hydrogen-bond acceptors (Lipinski definition) is 4. The van der Waals surface area contributed by atoms with E-state index in [2.05, 4.69) is 127 Å². The first-order valence-corrected chi connectivity index (χ1v) is 18.9. The average Bonchev–Trinajstić information content (AvgIpc) is 3.81. The molecule has 0 unspecified atom stereocenters. The molecule has 0 radical (unpaired) electrons. The van der Waals surface area contributed by atoms with E-state index in [4.69, 9.17) is 19.7 Å². The number of ether oxygens (including phenoxy) is 1. The van der Waals surface area contributed by atoms with Crippen LogP contribution in [0.4, 0.5) is 0 Å². The first-order chi connectivity index (χ1) is 26.9. The number of aromatic nitrogens is 5. The second-order valence-electron chi connectivity index (χ2n) is 15.1. The molecular formula is C49H35N5OPd. The Hall–Kier alpha value is -6.13. The topological polar surface area (TPSA) is 56.7 Å². The Bertz CT molecular complexity index is 3350. The van der Waals surface area contributed by atoms with E-state index in [9.17, 15) is 0 Å². The molecule has 11 rings (SSSR count). The molecule has 0 saturated carbocycles. The van der Waals surface area contributed by atoms with E-state index in [0.29, 0.717) is 23.3 Å². The van der Waals surface area contributed by atoms with E-state index >= 15 is 0 Å². The van der Waals surface area contributed by atoms with Crippen LogP contribution in [0.1, 0.15) is 50.7 Å². The maximum absolute atomic E-state index is 6.64. The zero-order valence-corrected chi connectivity index (χ0v) is 32.8. The van der Waals surface area contributed by atoms with Crippen LogP contribution >= 0.6 is 0 Å². The van der Waals surface area contributed by atoms with Gasteiger partial charge in [-0.25, -0.2) is 0 Å². The minimum absolute atomic E-state index is 0. The third-order valence-electron chi connectivity index (χ3n) is 11.1. The number of nitrogens with zero attached hydrogens (tertiary/aromatic N) is 5. The summed E-state index contributed by atoms with van der Waals surface area (Å²) in [5, 5.41) is 4.94. The summed E-state index contributed by atoms with van der Waals surface area (Å²) < 4.78 is 11.1. The van der Waals surface area contributed by atoms with E-state index in [-0.39, 0.29) is 20.4 Å². The fourth-order valence-electron chi connectivity index (χ4n) is 8.61. The number of imidazole rings is 2. The number of fused-ring (bicyclic) bond motifs is 16. The van der Waals surface area contributed by atoms with E-state index in [0.717, 1.165) is 76.8 Å². The Labute approximate surface area is 337 Å². The SMILES string of the molecule is CC(C)c1cccc(C(C)C)c1-c1ccc2c(c1)c1ccc(Oc3[c-]c4c(cc3)c3ncccc3n3c5ccccc5nc43)[c-]c1c1nc3ccccc3n21.[Pd+2]. The van der Waals surface area contributed by atoms with E-state index in [1.54, 1.807) is 0 Å². The van der Waals surface area contributed by atoms with Crippen LogP contribution in [-0.4, -0.2) is 23.8 Å². The molecule has 6 aromatic carbocycles. The van der Waals surface area contributed by atoms with Crippen molar-refractivity contribution >= 4 is 76.8 Å².